The van der Waals surface area contributed by atoms with Crippen molar-refractivity contribution in [2.75, 3.05) is 7.05 Å². The molecule has 0 saturated carbocycles. The van der Waals surface area contributed by atoms with Crippen LogP contribution in [0.5, 0.6) is 0 Å². The molecule has 1 heterocycles. The molecular formula is C10H9ClN2O3. The van der Waals surface area contributed by atoms with Crippen molar-refractivity contribution < 1.29 is 9.21 Å². The second-order valence-electron chi connectivity index (χ2n) is 3.45. The Labute approximate surface area is 95.6 Å². The van der Waals surface area contributed by atoms with E-state index in [1.54, 1.807) is 25.2 Å². The first-order valence-electron chi connectivity index (χ1n) is 4.58. The molecule has 84 valence electrons. The maximum atomic E-state index is 10.9. The highest BCUT2D eigenvalue weighted by molar-refractivity contribution is 6.62. The lowest BCUT2D eigenvalue weighted by atomic mass is 10.2. The average Bonchev–Trinajstić information content (AvgIpc) is 2.57. The molecule has 0 aliphatic carbocycles. The summed E-state index contributed by atoms with van der Waals surface area (Å²) in [5.74, 6) is -0.492. The summed E-state index contributed by atoms with van der Waals surface area (Å²) in [7, 11) is 1.59. The Hall–Kier alpha value is -1.75. The van der Waals surface area contributed by atoms with Crippen LogP contribution in [-0.2, 0) is 6.54 Å². The zero-order chi connectivity index (χ0) is 11.7. The highest BCUT2D eigenvalue weighted by Crippen LogP contribution is 2.13. The fraction of sp³-hybridized carbons (Fsp3) is 0.200. The van der Waals surface area contributed by atoms with E-state index >= 15 is 0 Å². The highest BCUT2D eigenvalue weighted by atomic mass is 35.5. The van der Waals surface area contributed by atoms with Gasteiger partial charge in [0.2, 0.25) is 0 Å². The number of halogens is 1. The SMILES string of the molecule is CN(Cc1ccc2oc(=O)[nH]c2c1)C(=O)Cl. The Kier molecular flexibility index (Phi) is 2.70. The summed E-state index contributed by atoms with van der Waals surface area (Å²) in [6, 6.07) is 5.20. The Morgan fingerprint density at radius 3 is 3.00 bits per heavy atom. The molecule has 0 atom stereocenters. The van der Waals surface area contributed by atoms with Gasteiger partial charge in [-0.05, 0) is 29.3 Å². The lowest BCUT2D eigenvalue weighted by molar-refractivity contribution is 0.230. The Bertz CT molecular complexity index is 587. The normalized spacial score (nSPS) is 10.6. The molecule has 0 saturated heterocycles. The fourth-order valence-corrected chi connectivity index (χ4v) is 1.49. The maximum absolute atomic E-state index is 10.9. The summed E-state index contributed by atoms with van der Waals surface area (Å²) in [6.07, 6.45) is 0. The van der Waals surface area contributed by atoms with Crippen LogP contribution in [-0.4, -0.2) is 22.3 Å². The number of fused-ring (bicyclic) bond motifs is 1. The summed E-state index contributed by atoms with van der Waals surface area (Å²) in [5.41, 5.74) is 1.97. The minimum absolute atomic E-state index is 0.380. The summed E-state index contributed by atoms with van der Waals surface area (Å²) in [6.45, 7) is 0.380. The van der Waals surface area contributed by atoms with E-state index < -0.39 is 11.1 Å². The zero-order valence-corrected chi connectivity index (χ0v) is 9.25. The van der Waals surface area contributed by atoms with Gasteiger partial charge in [0, 0.05) is 13.6 Å². The number of carbonyl (C=O) groups is 1. The standard InChI is InChI=1S/C10H9ClN2O3/c1-13(9(11)14)5-6-2-3-8-7(4-6)12-10(15)16-8/h2-4H,5H2,1H3,(H,12,15). The van der Waals surface area contributed by atoms with Gasteiger partial charge in [-0.15, -0.1) is 0 Å². The van der Waals surface area contributed by atoms with Crippen molar-refractivity contribution in [2.24, 2.45) is 0 Å². The molecule has 1 aromatic heterocycles. The number of nitrogens with zero attached hydrogens (tertiary/aromatic N) is 1. The van der Waals surface area contributed by atoms with Crippen molar-refractivity contribution >= 4 is 28.1 Å². The molecule has 0 fully saturated rings. The van der Waals surface area contributed by atoms with Gasteiger partial charge in [0.25, 0.3) is 0 Å². The lowest BCUT2D eigenvalue weighted by Crippen LogP contribution is -2.19. The molecule has 16 heavy (non-hydrogen) atoms. The van der Waals surface area contributed by atoms with Crippen LogP contribution >= 0.6 is 11.6 Å². The number of aromatic nitrogens is 1. The van der Waals surface area contributed by atoms with E-state index in [1.165, 1.54) is 4.90 Å². The predicted octanol–water partition coefficient (Wildman–Crippen LogP) is 1.91. The van der Waals surface area contributed by atoms with Gasteiger partial charge in [0.1, 0.15) is 0 Å². The summed E-state index contributed by atoms with van der Waals surface area (Å²) < 4.78 is 4.86. The molecule has 1 aromatic carbocycles. The van der Waals surface area contributed by atoms with Crippen molar-refractivity contribution in [2.45, 2.75) is 6.54 Å². The molecule has 2 rings (SSSR count). The van der Waals surface area contributed by atoms with Gasteiger partial charge in [0.05, 0.1) is 5.52 Å². The zero-order valence-electron chi connectivity index (χ0n) is 8.49. The number of amides is 1. The van der Waals surface area contributed by atoms with E-state index in [-0.39, 0.29) is 0 Å². The third-order valence-corrected chi connectivity index (χ3v) is 2.49. The molecule has 6 heteroatoms. The molecule has 0 aliphatic rings. The van der Waals surface area contributed by atoms with Crippen LogP contribution in [0.4, 0.5) is 4.79 Å². The van der Waals surface area contributed by atoms with Crippen molar-refractivity contribution in [1.29, 1.82) is 0 Å². The third-order valence-electron chi connectivity index (χ3n) is 2.20. The van der Waals surface area contributed by atoms with Gasteiger partial charge in [0.15, 0.2) is 5.58 Å². The smallest absolute Gasteiger partial charge is 0.408 e. The second-order valence-corrected chi connectivity index (χ2v) is 3.78. The molecule has 1 amide bonds. The van der Waals surface area contributed by atoms with E-state index in [0.29, 0.717) is 17.6 Å². The Morgan fingerprint density at radius 1 is 1.56 bits per heavy atom. The minimum Gasteiger partial charge on any atom is -0.408 e. The van der Waals surface area contributed by atoms with Gasteiger partial charge in [-0.25, -0.2) is 4.79 Å². The number of hydrogen-bond acceptors (Lipinski definition) is 3. The minimum atomic E-state index is -0.527. The fourth-order valence-electron chi connectivity index (χ4n) is 1.43. The molecule has 1 N–H and O–H groups in total. The number of rotatable bonds is 2. The molecule has 5 nitrogen and oxygen atoms in total. The number of H-pyrrole nitrogens is 1. The number of aromatic amines is 1. The monoisotopic (exact) mass is 240 g/mol. The van der Waals surface area contributed by atoms with Crippen LogP contribution < -0.4 is 5.76 Å². The van der Waals surface area contributed by atoms with Gasteiger partial charge in [-0.3, -0.25) is 9.78 Å². The number of benzene rings is 1. The molecule has 2 aromatic rings. The molecule has 0 bridgehead atoms. The maximum Gasteiger partial charge on any atom is 0.417 e. The van der Waals surface area contributed by atoms with Crippen LogP contribution in [0.3, 0.4) is 0 Å². The third kappa shape index (κ3) is 2.09. The Morgan fingerprint density at radius 2 is 2.31 bits per heavy atom. The van der Waals surface area contributed by atoms with Crippen LogP contribution in [0.2, 0.25) is 0 Å². The summed E-state index contributed by atoms with van der Waals surface area (Å²) in [4.78, 5) is 25.7. The van der Waals surface area contributed by atoms with Crippen LogP contribution in [0, 0.1) is 0 Å². The van der Waals surface area contributed by atoms with Gasteiger partial charge in [-0.1, -0.05) is 6.07 Å². The first-order chi connectivity index (χ1) is 7.56. The first-order valence-corrected chi connectivity index (χ1v) is 4.96. The predicted molar refractivity (Wildman–Crippen MR) is 59.6 cm³/mol. The van der Waals surface area contributed by atoms with Crippen molar-refractivity contribution in [3.63, 3.8) is 0 Å². The van der Waals surface area contributed by atoms with Gasteiger partial charge >= 0.3 is 11.1 Å². The molecule has 0 radical (unpaired) electrons. The number of nitrogens with one attached hydrogen (secondary N) is 1. The lowest BCUT2D eigenvalue weighted by Gasteiger charge is -2.12. The molecular weight excluding hydrogens is 232 g/mol. The van der Waals surface area contributed by atoms with Crippen LogP contribution in [0.1, 0.15) is 5.56 Å². The average molecular weight is 241 g/mol. The van der Waals surface area contributed by atoms with E-state index in [2.05, 4.69) is 4.98 Å². The largest absolute Gasteiger partial charge is 0.417 e. The van der Waals surface area contributed by atoms with Crippen LogP contribution in [0.15, 0.2) is 27.4 Å². The quantitative estimate of drug-likeness (QED) is 0.644. The summed E-state index contributed by atoms with van der Waals surface area (Å²) in [5, 5.41) is -0.527. The van der Waals surface area contributed by atoms with Crippen molar-refractivity contribution in [3.8, 4) is 0 Å². The first kappa shape index (κ1) is 10.8. The van der Waals surface area contributed by atoms with E-state index in [0.717, 1.165) is 5.56 Å². The molecule has 0 aliphatic heterocycles. The second kappa shape index (κ2) is 4.02. The number of oxazole rings is 1. The van der Waals surface area contributed by atoms with E-state index in [4.69, 9.17) is 16.0 Å². The van der Waals surface area contributed by atoms with Gasteiger partial charge < -0.3 is 9.32 Å². The Balaban J connectivity index is 2.32. The van der Waals surface area contributed by atoms with Crippen LogP contribution in [0.25, 0.3) is 11.1 Å². The number of hydrogen-bond donors (Lipinski definition) is 1. The number of carbonyl (C=O) groups excluding carboxylic acids is 1. The van der Waals surface area contributed by atoms with E-state index in [1.807, 2.05) is 0 Å². The van der Waals surface area contributed by atoms with Crippen molar-refractivity contribution in [3.05, 3.63) is 34.3 Å². The van der Waals surface area contributed by atoms with Crippen molar-refractivity contribution in [1.82, 2.24) is 9.88 Å². The molecule has 0 unspecified atom stereocenters. The summed E-state index contributed by atoms with van der Waals surface area (Å²) >= 11 is 5.31. The highest BCUT2D eigenvalue weighted by Gasteiger charge is 2.07. The van der Waals surface area contributed by atoms with Gasteiger partial charge in [-0.2, -0.15) is 0 Å². The topological polar surface area (TPSA) is 66.3 Å². The molecule has 0 spiro atoms. The van der Waals surface area contributed by atoms with E-state index in [9.17, 15) is 9.59 Å².